The molecule has 0 amide bonds. The Balaban J connectivity index is 1.52. The van der Waals surface area contributed by atoms with Crippen LogP contribution in [-0.2, 0) is 19.5 Å². The van der Waals surface area contributed by atoms with Crippen LogP contribution in [0.3, 0.4) is 0 Å². The van der Waals surface area contributed by atoms with Crippen LogP contribution in [0.4, 0.5) is 0 Å². The molecule has 0 bridgehead atoms. The Bertz CT molecular complexity index is 1460. The largest absolute Gasteiger partial charge is 0.335 e. The number of hydrogen-bond donors (Lipinski definition) is 1. The molecule has 35 heavy (non-hydrogen) atoms. The first-order valence-corrected chi connectivity index (χ1v) is 11.8. The lowest BCUT2D eigenvalue weighted by Crippen LogP contribution is -2.26. The molecular formula is C25H27N9O. The van der Waals surface area contributed by atoms with Crippen molar-refractivity contribution in [1.29, 1.82) is 0 Å². The van der Waals surface area contributed by atoms with Crippen LogP contribution in [0.1, 0.15) is 37.9 Å². The molecule has 0 aliphatic rings. The number of aromatic nitrogens is 9. The minimum Gasteiger partial charge on any atom is -0.317 e. The molecule has 0 fully saturated rings. The van der Waals surface area contributed by atoms with Gasteiger partial charge in [0.2, 0.25) is 5.95 Å². The maximum atomic E-state index is 13.6. The number of H-pyrrole nitrogens is 1. The molecular weight excluding hydrogens is 442 g/mol. The first kappa shape index (κ1) is 22.5. The average molecular weight is 470 g/mol. The molecule has 1 N–H and O–H groups in total. The van der Waals surface area contributed by atoms with Gasteiger partial charge in [0.05, 0.1) is 6.54 Å². The molecule has 178 valence electrons. The van der Waals surface area contributed by atoms with Crippen molar-refractivity contribution < 1.29 is 0 Å². The van der Waals surface area contributed by atoms with E-state index in [9.17, 15) is 4.79 Å². The van der Waals surface area contributed by atoms with Gasteiger partial charge in [-0.15, -0.1) is 5.10 Å². The molecule has 0 aliphatic carbocycles. The Morgan fingerprint density at radius 1 is 1.00 bits per heavy atom. The molecule has 5 rings (SSSR count). The fraction of sp³-hybridized carbons (Fsp3) is 0.280. The monoisotopic (exact) mass is 469 g/mol. The van der Waals surface area contributed by atoms with Crippen molar-refractivity contribution >= 4 is 0 Å². The number of rotatable bonds is 9. The zero-order chi connectivity index (χ0) is 24.2. The van der Waals surface area contributed by atoms with Gasteiger partial charge in [0.1, 0.15) is 0 Å². The smallest absolute Gasteiger partial charge is 0.317 e. The predicted molar refractivity (Wildman–Crippen MR) is 132 cm³/mol. The van der Waals surface area contributed by atoms with E-state index in [1.54, 1.807) is 17.0 Å². The second kappa shape index (κ2) is 9.88. The number of tetrazole rings is 1. The summed E-state index contributed by atoms with van der Waals surface area (Å²) in [6.07, 6.45) is 11.9. The predicted octanol–water partition coefficient (Wildman–Crippen LogP) is 3.49. The minimum atomic E-state index is -0.0972. The first-order chi connectivity index (χ1) is 17.2. The van der Waals surface area contributed by atoms with Gasteiger partial charge in [-0.25, -0.2) is 19.4 Å². The van der Waals surface area contributed by atoms with Crippen molar-refractivity contribution in [2.45, 2.75) is 46.2 Å². The number of benzene rings is 1. The molecule has 10 heteroatoms. The van der Waals surface area contributed by atoms with Gasteiger partial charge in [0.15, 0.2) is 5.82 Å². The summed E-state index contributed by atoms with van der Waals surface area (Å²) < 4.78 is 5.52. The van der Waals surface area contributed by atoms with Crippen molar-refractivity contribution in [3.05, 3.63) is 83.1 Å². The van der Waals surface area contributed by atoms with E-state index in [2.05, 4.69) is 44.4 Å². The maximum absolute atomic E-state index is 13.6. The number of aryl methyl sites for hydroxylation is 2. The van der Waals surface area contributed by atoms with Gasteiger partial charge in [-0.05, 0) is 46.0 Å². The number of pyridine rings is 1. The lowest BCUT2D eigenvalue weighted by atomic mass is 10.00. The molecule has 0 atom stereocenters. The fourth-order valence-electron chi connectivity index (χ4n) is 4.33. The molecule has 0 spiro atoms. The van der Waals surface area contributed by atoms with Crippen molar-refractivity contribution in [1.82, 2.24) is 44.3 Å². The number of aromatic amines is 1. The highest BCUT2D eigenvalue weighted by atomic mass is 16.1. The molecule has 0 aliphatic heterocycles. The van der Waals surface area contributed by atoms with Gasteiger partial charge in [0.25, 0.3) is 0 Å². The second-order valence-corrected chi connectivity index (χ2v) is 8.39. The van der Waals surface area contributed by atoms with Crippen LogP contribution >= 0.6 is 0 Å². The van der Waals surface area contributed by atoms with E-state index in [-0.39, 0.29) is 5.69 Å². The normalized spacial score (nSPS) is 11.3. The summed E-state index contributed by atoms with van der Waals surface area (Å²) in [7, 11) is 0. The van der Waals surface area contributed by atoms with Crippen molar-refractivity contribution in [2.24, 2.45) is 0 Å². The van der Waals surface area contributed by atoms with E-state index in [0.29, 0.717) is 18.3 Å². The Morgan fingerprint density at radius 2 is 1.83 bits per heavy atom. The molecule has 5 aromatic rings. The molecule has 0 saturated heterocycles. The molecule has 4 heterocycles. The highest BCUT2D eigenvalue weighted by molar-refractivity contribution is 5.69. The Hall–Kier alpha value is -4.34. The highest BCUT2D eigenvalue weighted by Gasteiger charge is 2.17. The Morgan fingerprint density at radius 3 is 2.57 bits per heavy atom. The first-order valence-electron chi connectivity index (χ1n) is 11.8. The lowest BCUT2D eigenvalue weighted by molar-refractivity contribution is 0.638. The summed E-state index contributed by atoms with van der Waals surface area (Å²) in [5.74, 6) is 1.27. The molecule has 10 nitrogen and oxygen atoms in total. The minimum absolute atomic E-state index is 0.0972. The number of nitrogens with one attached hydrogen (secondary N) is 1. The van der Waals surface area contributed by atoms with Crippen molar-refractivity contribution in [3.63, 3.8) is 0 Å². The highest BCUT2D eigenvalue weighted by Crippen LogP contribution is 2.26. The van der Waals surface area contributed by atoms with Crippen LogP contribution in [0.5, 0.6) is 0 Å². The van der Waals surface area contributed by atoms with Crippen LogP contribution in [0.25, 0.3) is 28.5 Å². The van der Waals surface area contributed by atoms with Gasteiger partial charge in [-0.1, -0.05) is 44.5 Å². The van der Waals surface area contributed by atoms with Crippen LogP contribution in [0.2, 0.25) is 0 Å². The third kappa shape index (κ3) is 4.42. The van der Waals surface area contributed by atoms with Crippen molar-refractivity contribution in [2.75, 3.05) is 0 Å². The standard InChI is InChI=1S/C25H27N9O/c1-3-5-21-17-34(24-27-12-14-32(24)13-4-2)25(35)33(21)16-20-15-26-11-10-22(20)18-6-8-19(9-7-18)23-28-30-31-29-23/h6-12,14-15,17H,3-5,13,16H2,1-2H3,(H,28,29,30,31). The molecule has 4 aromatic heterocycles. The average Bonchev–Trinajstić information content (AvgIpc) is 3.63. The summed E-state index contributed by atoms with van der Waals surface area (Å²) in [6, 6.07) is 9.98. The zero-order valence-electron chi connectivity index (χ0n) is 19.8. The lowest BCUT2D eigenvalue weighted by Gasteiger charge is -2.12. The SMILES string of the molecule is CCCc1cn(-c2nccn2CCC)c(=O)n1Cc1cnccc1-c1ccc(-c2nnn[nH]2)cc1. The quantitative estimate of drug-likeness (QED) is 0.354. The summed E-state index contributed by atoms with van der Waals surface area (Å²) in [6.45, 7) is 5.46. The number of imidazole rings is 2. The van der Waals surface area contributed by atoms with E-state index in [1.807, 2.05) is 58.1 Å². The van der Waals surface area contributed by atoms with Gasteiger partial charge >= 0.3 is 5.69 Å². The molecule has 0 unspecified atom stereocenters. The fourth-order valence-corrected chi connectivity index (χ4v) is 4.33. The topological polar surface area (TPSA) is 112 Å². The van der Waals surface area contributed by atoms with E-state index in [0.717, 1.165) is 53.8 Å². The second-order valence-electron chi connectivity index (χ2n) is 8.39. The van der Waals surface area contributed by atoms with E-state index in [4.69, 9.17) is 0 Å². The van der Waals surface area contributed by atoms with Crippen LogP contribution in [-0.4, -0.2) is 44.3 Å². The summed E-state index contributed by atoms with van der Waals surface area (Å²) in [4.78, 5) is 22.4. The summed E-state index contributed by atoms with van der Waals surface area (Å²) >= 11 is 0. The van der Waals surface area contributed by atoms with Crippen LogP contribution in [0.15, 0.2) is 66.1 Å². The number of hydrogen-bond acceptors (Lipinski definition) is 6. The van der Waals surface area contributed by atoms with Crippen LogP contribution in [0, 0.1) is 0 Å². The Labute approximate surface area is 202 Å². The number of nitrogens with zero attached hydrogens (tertiary/aromatic N) is 8. The summed E-state index contributed by atoms with van der Waals surface area (Å²) in [5.41, 5.74) is 4.80. The maximum Gasteiger partial charge on any atom is 0.335 e. The molecule has 0 radical (unpaired) electrons. The van der Waals surface area contributed by atoms with Gasteiger partial charge in [0, 0.05) is 48.8 Å². The third-order valence-electron chi connectivity index (χ3n) is 5.99. The molecule has 0 saturated carbocycles. The van der Waals surface area contributed by atoms with Gasteiger partial charge in [-0.2, -0.15) is 0 Å². The van der Waals surface area contributed by atoms with Gasteiger partial charge in [-0.3, -0.25) is 9.55 Å². The van der Waals surface area contributed by atoms with E-state index >= 15 is 0 Å². The molecule has 1 aromatic carbocycles. The van der Waals surface area contributed by atoms with Gasteiger partial charge < -0.3 is 4.57 Å². The van der Waals surface area contributed by atoms with Crippen molar-refractivity contribution in [3.8, 4) is 28.5 Å². The van der Waals surface area contributed by atoms with E-state index < -0.39 is 0 Å². The summed E-state index contributed by atoms with van der Waals surface area (Å²) in [5, 5.41) is 14.0. The Kier molecular flexibility index (Phi) is 6.34. The van der Waals surface area contributed by atoms with E-state index in [1.165, 1.54) is 0 Å². The zero-order valence-corrected chi connectivity index (χ0v) is 19.8. The third-order valence-corrected chi connectivity index (χ3v) is 5.99. The van der Waals surface area contributed by atoms with Crippen LogP contribution < -0.4 is 5.69 Å².